The molecule has 4 aromatic carbocycles. The molecule has 7 nitrogen and oxygen atoms in total. The predicted octanol–water partition coefficient (Wildman–Crippen LogP) is 7.47. The maximum Gasteiger partial charge on any atom is 0.335 e. The molecular formula is C32H26BrIN2O5. The van der Waals surface area contributed by atoms with Crippen LogP contribution in [0.4, 0.5) is 10.5 Å². The van der Waals surface area contributed by atoms with E-state index in [2.05, 4.69) is 75.0 Å². The third-order valence-electron chi connectivity index (χ3n) is 6.78. The number of hydrogen-bond acceptors (Lipinski definition) is 5. The SMILES string of the molecule is CCOc1cc(/C=C2/C(=O)NC(=O)N(c3ccc(Br)cc3C)C2=O)cc(I)c1OCc1c(C)ccc2ccccc12. The Morgan fingerprint density at radius 2 is 1.73 bits per heavy atom. The van der Waals surface area contributed by atoms with Gasteiger partial charge in [-0.25, -0.2) is 9.69 Å². The zero-order chi connectivity index (χ0) is 29.3. The van der Waals surface area contributed by atoms with Crippen LogP contribution in [0.5, 0.6) is 11.5 Å². The number of fused-ring (bicyclic) bond motifs is 1. The second-order valence-corrected chi connectivity index (χ2v) is 11.6. The number of imide groups is 2. The van der Waals surface area contributed by atoms with Crippen LogP contribution in [-0.2, 0) is 16.2 Å². The minimum absolute atomic E-state index is 0.162. The number of anilines is 1. The number of carbonyl (C=O) groups excluding carboxylic acids is 3. The molecule has 0 bridgehead atoms. The number of nitrogens with one attached hydrogen (secondary N) is 1. The lowest BCUT2D eigenvalue weighted by atomic mass is 10.0. The van der Waals surface area contributed by atoms with Crippen molar-refractivity contribution in [2.24, 2.45) is 0 Å². The fraction of sp³-hybridized carbons (Fsp3) is 0.156. The lowest BCUT2D eigenvalue weighted by molar-refractivity contribution is -0.122. The van der Waals surface area contributed by atoms with E-state index in [-0.39, 0.29) is 5.57 Å². The van der Waals surface area contributed by atoms with Crippen molar-refractivity contribution in [1.82, 2.24) is 5.32 Å². The summed E-state index contributed by atoms with van der Waals surface area (Å²) in [4.78, 5) is 39.9. The molecule has 9 heteroatoms. The number of benzene rings is 4. The average Bonchev–Trinajstić information content (AvgIpc) is 2.93. The monoisotopic (exact) mass is 724 g/mol. The van der Waals surface area contributed by atoms with E-state index in [1.54, 1.807) is 31.2 Å². The van der Waals surface area contributed by atoms with Crippen molar-refractivity contribution in [3.8, 4) is 11.5 Å². The molecule has 0 radical (unpaired) electrons. The summed E-state index contributed by atoms with van der Waals surface area (Å²) in [6.45, 7) is 6.46. The lowest BCUT2D eigenvalue weighted by Gasteiger charge is -2.27. The van der Waals surface area contributed by atoms with Crippen molar-refractivity contribution in [3.63, 3.8) is 0 Å². The predicted molar refractivity (Wildman–Crippen MR) is 171 cm³/mol. The molecule has 1 saturated heterocycles. The number of nitrogens with zero attached hydrogens (tertiary/aromatic N) is 1. The Labute approximate surface area is 259 Å². The Morgan fingerprint density at radius 3 is 2.49 bits per heavy atom. The molecular weight excluding hydrogens is 699 g/mol. The van der Waals surface area contributed by atoms with E-state index in [1.165, 1.54) is 6.08 Å². The van der Waals surface area contributed by atoms with E-state index in [0.717, 1.165) is 34.8 Å². The smallest absolute Gasteiger partial charge is 0.335 e. The number of amides is 4. The molecule has 4 amide bonds. The van der Waals surface area contributed by atoms with Crippen LogP contribution >= 0.6 is 38.5 Å². The largest absolute Gasteiger partial charge is 0.490 e. The highest BCUT2D eigenvalue weighted by Gasteiger charge is 2.37. The molecule has 0 unspecified atom stereocenters. The average molecular weight is 725 g/mol. The first-order chi connectivity index (χ1) is 19.7. The Balaban J connectivity index is 1.48. The second-order valence-electron chi connectivity index (χ2n) is 9.52. The summed E-state index contributed by atoms with van der Waals surface area (Å²) in [6, 6.07) is 20.3. The van der Waals surface area contributed by atoms with E-state index in [1.807, 2.05) is 25.1 Å². The molecule has 0 aromatic heterocycles. The fourth-order valence-electron chi connectivity index (χ4n) is 4.77. The van der Waals surface area contributed by atoms with Gasteiger partial charge in [-0.1, -0.05) is 52.3 Å². The van der Waals surface area contributed by atoms with Crippen LogP contribution in [-0.4, -0.2) is 24.5 Å². The molecule has 0 spiro atoms. The minimum Gasteiger partial charge on any atom is -0.490 e. The molecule has 1 N–H and O–H groups in total. The van der Waals surface area contributed by atoms with Crippen LogP contribution in [0.25, 0.3) is 16.8 Å². The summed E-state index contributed by atoms with van der Waals surface area (Å²) in [5.41, 5.74) is 3.71. The van der Waals surface area contributed by atoms with Gasteiger partial charge in [-0.2, -0.15) is 0 Å². The third-order valence-corrected chi connectivity index (χ3v) is 8.07. The fourth-order valence-corrected chi connectivity index (χ4v) is 6.02. The number of carbonyl (C=O) groups is 3. The van der Waals surface area contributed by atoms with E-state index in [0.29, 0.717) is 41.5 Å². The van der Waals surface area contributed by atoms with Crippen LogP contribution in [0, 0.1) is 17.4 Å². The van der Waals surface area contributed by atoms with E-state index >= 15 is 0 Å². The van der Waals surface area contributed by atoms with Gasteiger partial charge in [-0.3, -0.25) is 14.9 Å². The minimum atomic E-state index is -0.792. The highest BCUT2D eigenvalue weighted by atomic mass is 127. The summed E-state index contributed by atoms with van der Waals surface area (Å²) < 4.78 is 13.8. The van der Waals surface area contributed by atoms with Gasteiger partial charge in [0.25, 0.3) is 11.8 Å². The van der Waals surface area contributed by atoms with Gasteiger partial charge in [0.2, 0.25) is 0 Å². The zero-order valence-electron chi connectivity index (χ0n) is 22.6. The molecule has 41 heavy (non-hydrogen) atoms. The number of urea groups is 1. The van der Waals surface area contributed by atoms with Gasteiger partial charge in [-0.15, -0.1) is 0 Å². The third kappa shape index (κ3) is 5.87. The second kappa shape index (κ2) is 12.0. The van der Waals surface area contributed by atoms with Crippen molar-refractivity contribution in [1.29, 1.82) is 0 Å². The zero-order valence-corrected chi connectivity index (χ0v) is 26.3. The van der Waals surface area contributed by atoms with Gasteiger partial charge in [0.05, 0.1) is 15.9 Å². The molecule has 5 rings (SSSR count). The van der Waals surface area contributed by atoms with Gasteiger partial charge in [-0.05, 0) is 107 Å². The Hall–Kier alpha value is -3.70. The van der Waals surface area contributed by atoms with E-state index in [9.17, 15) is 14.4 Å². The maximum atomic E-state index is 13.5. The van der Waals surface area contributed by atoms with Crippen molar-refractivity contribution >= 4 is 78.9 Å². The Bertz CT molecular complexity index is 1750. The van der Waals surface area contributed by atoms with Gasteiger partial charge < -0.3 is 9.47 Å². The van der Waals surface area contributed by atoms with Crippen molar-refractivity contribution in [3.05, 3.63) is 103 Å². The summed E-state index contributed by atoms with van der Waals surface area (Å²) >= 11 is 5.55. The molecule has 0 saturated carbocycles. The lowest BCUT2D eigenvalue weighted by Crippen LogP contribution is -2.54. The van der Waals surface area contributed by atoms with Crippen LogP contribution in [0.3, 0.4) is 0 Å². The summed E-state index contributed by atoms with van der Waals surface area (Å²) in [6.07, 6.45) is 1.47. The Morgan fingerprint density at radius 1 is 0.951 bits per heavy atom. The van der Waals surface area contributed by atoms with Crippen LogP contribution in [0.15, 0.2) is 76.8 Å². The normalized spacial score (nSPS) is 14.5. The standard InChI is InChI=1S/C32H26BrIN2O5/c1-4-40-28-16-20(14-24-30(37)35-32(39)36(31(24)38)27-12-11-22(33)13-19(27)3)15-26(34)29(28)41-17-25-18(2)9-10-21-7-5-6-8-23(21)25/h5-16H,4,17H2,1-3H3,(H,35,37,39)/b24-14-. The summed E-state index contributed by atoms with van der Waals surface area (Å²) in [5.74, 6) is -0.400. The summed E-state index contributed by atoms with van der Waals surface area (Å²) in [5, 5.41) is 4.55. The highest BCUT2D eigenvalue weighted by Crippen LogP contribution is 2.37. The topological polar surface area (TPSA) is 84.9 Å². The van der Waals surface area contributed by atoms with Crippen molar-refractivity contribution < 1.29 is 23.9 Å². The van der Waals surface area contributed by atoms with Crippen LogP contribution < -0.4 is 19.7 Å². The first-order valence-corrected chi connectivity index (χ1v) is 14.8. The quantitative estimate of drug-likeness (QED) is 0.122. The molecule has 0 atom stereocenters. The molecule has 1 heterocycles. The number of rotatable bonds is 7. The summed E-state index contributed by atoms with van der Waals surface area (Å²) in [7, 11) is 0. The van der Waals surface area contributed by atoms with Gasteiger partial charge in [0.1, 0.15) is 12.2 Å². The first kappa shape index (κ1) is 28.8. The Kier molecular flexibility index (Phi) is 8.46. The van der Waals surface area contributed by atoms with Crippen LogP contribution in [0.1, 0.15) is 29.2 Å². The maximum absolute atomic E-state index is 13.5. The van der Waals surface area contributed by atoms with Crippen molar-refractivity contribution in [2.45, 2.75) is 27.4 Å². The number of hydrogen-bond donors (Lipinski definition) is 1. The first-order valence-electron chi connectivity index (χ1n) is 12.9. The van der Waals surface area contributed by atoms with E-state index < -0.39 is 17.8 Å². The molecule has 1 fully saturated rings. The van der Waals surface area contributed by atoms with Gasteiger partial charge in [0, 0.05) is 10.0 Å². The van der Waals surface area contributed by atoms with E-state index in [4.69, 9.17) is 9.47 Å². The number of barbiturate groups is 1. The highest BCUT2D eigenvalue weighted by molar-refractivity contribution is 14.1. The molecule has 208 valence electrons. The number of ether oxygens (including phenoxy) is 2. The van der Waals surface area contributed by atoms with Gasteiger partial charge >= 0.3 is 6.03 Å². The number of halogens is 2. The number of aryl methyl sites for hydroxylation is 2. The molecule has 0 aliphatic carbocycles. The molecule has 1 aliphatic rings. The molecule has 4 aromatic rings. The van der Waals surface area contributed by atoms with Gasteiger partial charge in [0.15, 0.2) is 11.5 Å². The van der Waals surface area contributed by atoms with Crippen molar-refractivity contribution in [2.75, 3.05) is 11.5 Å². The molecule has 1 aliphatic heterocycles. The van der Waals surface area contributed by atoms with Crippen LogP contribution in [0.2, 0.25) is 0 Å².